The molecule has 1 aromatic rings. The van der Waals surface area contributed by atoms with Gasteiger partial charge in [0, 0.05) is 25.8 Å². The monoisotopic (exact) mass is 325 g/mol. The van der Waals surface area contributed by atoms with Crippen molar-refractivity contribution in [1.29, 1.82) is 0 Å². The van der Waals surface area contributed by atoms with Crippen LogP contribution in [0.4, 0.5) is 0 Å². The summed E-state index contributed by atoms with van der Waals surface area (Å²) in [4.78, 5) is 28.2. The van der Waals surface area contributed by atoms with Gasteiger partial charge in [0.2, 0.25) is 0 Å². The Morgan fingerprint density at radius 3 is 3.00 bits per heavy atom. The number of piperidine rings is 1. The molecule has 1 aliphatic heterocycles. The predicted molar refractivity (Wildman–Crippen MR) is 88.4 cm³/mol. The lowest BCUT2D eigenvalue weighted by Crippen LogP contribution is -2.42. The molecule has 1 fully saturated rings. The minimum absolute atomic E-state index is 0.0356. The molecule has 5 nitrogen and oxygen atoms in total. The van der Waals surface area contributed by atoms with Crippen LogP contribution in [0.15, 0.2) is 17.1 Å². The highest BCUT2D eigenvalue weighted by atomic mass is 35.5. The molecular formula is C16H24ClN3O2. The lowest BCUT2D eigenvalue weighted by Gasteiger charge is -2.33. The number of hydrogen-bond donors (Lipinski definition) is 2. The van der Waals surface area contributed by atoms with Crippen molar-refractivity contribution in [3.05, 3.63) is 33.2 Å². The zero-order valence-electron chi connectivity index (χ0n) is 13.2. The Hall–Kier alpha value is -1.33. The van der Waals surface area contributed by atoms with Crippen LogP contribution in [0.1, 0.15) is 37.0 Å². The number of amides is 1. The number of H-pyrrole nitrogens is 1. The fourth-order valence-corrected chi connectivity index (χ4v) is 3.10. The van der Waals surface area contributed by atoms with Gasteiger partial charge < -0.3 is 15.2 Å². The highest BCUT2D eigenvalue weighted by Crippen LogP contribution is 2.17. The fraction of sp³-hybridized carbons (Fsp3) is 0.625. The van der Waals surface area contributed by atoms with Gasteiger partial charge in [-0.2, -0.15) is 0 Å². The van der Waals surface area contributed by atoms with Crippen molar-refractivity contribution in [2.45, 2.75) is 26.7 Å². The van der Waals surface area contributed by atoms with Crippen molar-refractivity contribution in [2.24, 2.45) is 11.8 Å². The van der Waals surface area contributed by atoms with E-state index in [-0.39, 0.29) is 16.5 Å². The number of aromatic nitrogens is 1. The van der Waals surface area contributed by atoms with E-state index in [0.29, 0.717) is 23.9 Å². The quantitative estimate of drug-likeness (QED) is 0.871. The van der Waals surface area contributed by atoms with Gasteiger partial charge in [0.15, 0.2) is 0 Å². The maximum Gasteiger partial charge on any atom is 0.266 e. The smallest absolute Gasteiger partial charge is 0.266 e. The van der Waals surface area contributed by atoms with E-state index >= 15 is 0 Å². The molecule has 6 heteroatoms. The first-order chi connectivity index (χ1) is 10.5. The number of hydrogen-bond acceptors (Lipinski definition) is 3. The Morgan fingerprint density at radius 2 is 2.32 bits per heavy atom. The fourth-order valence-electron chi connectivity index (χ4n) is 2.93. The maximum atomic E-state index is 12.1. The van der Waals surface area contributed by atoms with E-state index in [1.165, 1.54) is 18.7 Å². The number of carbonyl (C=O) groups is 1. The molecule has 2 rings (SSSR count). The van der Waals surface area contributed by atoms with E-state index < -0.39 is 0 Å². The summed E-state index contributed by atoms with van der Waals surface area (Å²) in [7, 11) is 0. The van der Waals surface area contributed by atoms with E-state index in [9.17, 15) is 9.59 Å². The average Bonchev–Trinajstić information content (AvgIpc) is 2.47. The molecule has 1 amide bonds. The van der Waals surface area contributed by atoms with Crippen LogP contribution in [0, 0.1) is 11.8 Å². The Bertz CT molecular complexity index is 571. The van der Waals surface area contributed by atoms with Gasteiger partial charge in [-0.25, -0.2) is 0 Å². The Morgan fingerprint density at radius 1 is 1.55 bits per heavy atom. The number of carbonyl (C=O) groups excluding carboxylic acids is 1. The van der Waals surface area contributed by atoms with Gasteiger partial charge in [-0.1, -0.05) is 25.4 Å². The van der Waals surface area contributed by atoms with Gasteiger partial charge >= 0.3 is 0 Å². The first-order valence-electron chi connectivity index (χ1n) is 7.84. The zero-order chi connectivity index (χ0) is 16.1. The van der Waals surface area contributed by atoms with Crippen molar-refractivity contribution in [2.75, 3.05) is 26.2 Å². The van der Waals surface area contributed by atoms with Crippen LogP contribution in [0.25, 0.3) is 0 Å². The molecule has 2 N–H and O–H groups in total. The highest BCUT2D eigenvalue weighted by molar-refractivity contribution is 6.30. The number of aromatic amines is 1. The van der Waals surface area contributed by atoms with Crippen molar-refractivity contribution in [3.63, 3.8) is 0 Å². The predicted octanol–water partition coefficient (Wildman–Crippen LogP) is 2.13. The molecule has 2 heterocycles. The molecule has 0 radical (unpaired) electrons. The molecular weight excluding hydrogens is 302 g/mol. The number of halogens is 1. The summed E-state index contributed by atoms with van der Waals surface area (Å²) >= 11 is 5.74. The molecule has 122 valence electrons. The second kappa shape index (κ2) is 7.79. The lowest BCUT2D eigenvalue weighted by atomic mass is 9.97. The SMILES string of the molecule is CC(C)CN1CCC[C@@H](CNC(=O)c2c[nH]c(=O)c(Cl)c2)C1. The summed E-state index contributed by atoms with van der Waals surface area (Å²) in [5, 5.41) is 2.98. The van der Waals surface area contributed by atoms with Gasteiger partial charge in [0.05, 0.1) is 5.56 Å². The number of nitrogens with one attached hydrogen (secondary N) is 2. The summed E-state index contributed by atoms with van der Waals surface area (Å²) in [6.07, 6.45) is 3.72. The van der Waals surface area contributed by atoms with Gasteiger partial charge in [-0.15, -0.1) is 0 Å². The molecule has 22 heavy (non-hydrogen) atoms. The van der Waals surface area contributed by atoms with Crippen molar-refractivity contribution >= 4 is 17.5 Å². The van der Waals surface area contributed by atoms with Crippen molar-refractivity contribution < 1.29 is 4.79 Å². The standard InChI is InChI=1S/C16H24ClN3O2/c1-11(2)9-20-5-3-4-12(10-20)7-18-15(21)13-6-14(17)16(22)19-8-13/h6,8,11-12H,3-5,7,9-10H2,1-2H3,(H,18,21)(H,19,22)/t12-/m0/s1. The summed E-state index contributed by atoms with van der Waals surface area (Å²) in [5.41, 5.74) is 0.00858. The first-order valence-corrected chi connectivity index (χ1v) is 8.22. The van der Waals surface area contributed by atoms with E-state index in [4.69, 9.17) is 11.6 Å². The molecule has 1 aromatic heterocycles. The normalized spacial score (nSPS) is 19.4. The number of rotatable bonds is 5. The van der Waals surface area contributed by atoms with Gasteiger partial charge in [-0.3, -0.25) is 9.59 Å². The van der Waals surface area contributed by atoms with Gasteiger partial charge in [0.25, 0.3) is 11.5 Å². The molecule has 1 aliphatic rings. The second-order valence-corrected chi connectivity index (χ2v) is 6.84. The largest absolute Gasteiger partial charge is 0.352 e. The van der Waals surface area contributed by atoms with E-state index in [2.05, 4.69) is 29.0 Å². The minimum Gasteiger partial charge on any atom is -0.352 e. The molecule has 0 saturated carbocycles. The number of nitrogens with zero attached hydrogens (tertiary/aromatic N) is 1. The third-order valence-corrected chi connectivity index (χ3v) is 4.18. The average molecular weight is 326 g/mol. The molecule has 0 spiro atoms. The summed E-state index contributed by atoms with van der Waals surface area (Å²) in [6, 6.07) is 1.40. The van der Waals surface area contributed by atoms with Crippen LogP contribution >= 0.6 is 11.6 Å². The van der Waals surface area contributed by atoms with Gasteiger partial charge in [-0.05, 0) is 37.3 Å². The summed E-state index contributed by atoms with van der Waals surface area (Å²) in [5.74, 6) is 0.949. The van der Waals surface area contributed by atoms with E-state index in [1.807, 2.05) is 0 Å². The molecule has 0 aliphatic carbocycles. The molecule has 1 atom stereocenters. The summed E-state index contributed by atoms with van der Waals surface area (Å²) < 4.78 is 0. The maximum absolute atomic E-state index is 12.1. The topological polar surface area (TPSA) is 65.2 Å². The molecule has 0 unspecified atom stereocenters. The van der Waals surface area contributed by atoms with Crippen molar-refractivity contribution in [3.8, 4) is 0 Å². The number of likely N-dealkylation sites (tertiary alicyclic amines) is 1. The second-order valence-electron chi connectivity index (χ2n) is 6.44. The van der Waals surface area contributed by atoms with E-state index in [0.717, 1.165) is 26.1 Å². The van der Waals surface area contributed by atoms with Crippen LogP contribution in [-0.4, -0.2) is 42.0 Å². The highest BCUT2D eigenvalue weighted by Gasteiger charge is 2.21. The minimum atomic E-state index is -0.380. The van der Waals surface area contributed by atoms with Gasteiger partial charge in [0.1, 0.15) is 5.02 Å². The van der Waals surface area contributed by atoms with E-state index in [1.54, 1.807) is 0 Å². The zero-order valence-corrected chi connectivity index (χ0v) is 13.9. The Labute approximate surface area is 136 Å². The first kappa shape index (κ1) is 17.0. The number of pyridine rings is 1. The van der Waals surface area contributed by atoms with Crippen LogP contribution in [-0.2, 0) is 0 Å². The molecule has 0 bridgehead atoms. The van der Waals surface area contributed by atoms with Crippen LogP contribution < -0.4 is 10.9 Å². The Balaban J connectivity index is 1.85. The molecule has 1 saturated heterocycles. The van der Waals surface area contributed by atoms with Crippen LogP contribution in [0.3, 0.4) is 0 Å². The summed E-state index contributed by atoms with van der Waals surface area (Å²) in [6.45, 7) is 8.41. The van der Waals surface area contributed by atoms with Crippen LogP contribution in [0.2, 0.25) is 5.02 Å². The third kappa shape index (κ3) is 4.85. The third-order valence-electron chi connectivity index (χ3n) is 3.90. The lowest BCUT2D eigenvalue weighted by molar-refractivity contribution is 0.0928. The van der Waals surface area contributed by atoms with Crippen molar-refractivity contribution in [1.82, 2.24) is 15.2 Å². The van der Waals surface area contributed by atoms with Crippen LogP contribution in [0.5, 0.6) is 0 Å². The Kier molecular flexibility index (Phi) is 6.03. The molecule has 0 aromatic carbocycles.